The summed E-state index contributed by atoms with van der Waals surface area (Å²) in [6, 6.07) is 5.99. The molecule has 2 rings (SSSR count). The fourth-order valence-electron chi connectivity index (χ4n) is 2.87. The number of carbonyl (C=O) groups is 1. The molecular formula is C17H23F3N2O2. The number of carbonyl (C=O) groups excluding carboxylic acids is 1. The van der Waals surface area contributed by atoms with Gasteiger partial charge in [0.25, 0.3) is 0 Å². The van der Waals surface area contributed by atoms with Crippen LogP contribution in [0.5, 0.6) is 5.75 Å². The number of piperidine rings is 1. The van der Waals surface area contributed by atoms with Crippen molar-refractivity contribution in [3.63, 3.8) is 0 Å². The first-order chi connectivity index (χ1) is 11.4. The van der Waals surface area contributed by atoms with E-state index in [9.17, 15) is 18.0 Å². The van der Waals surface area contributed by atoms with Crippen molar-refractivity contribution < 1.29 is 22.7 Å². The molecule has 0 bridgehead atoms. The summed E-state index contributed by atoms with van der Waals surface area (Å²) in [6.07, 6.45) is -0.906. The lowest BCUT2D eigenvalue weighted by Crippen LogP contribution is -2.30. The molecule has 1 fully saturated rings. The molecular weight excluding hydrogens is 321 g/mol. The van der Waals surface area contributed by atoms with E-state index in [0.717, 1.165) is 32.4 Å². The second-order valence-corrected chi connectivity index (χ2v) is 5.99. The highest BCUT2D eigenvalue weighted by Crippen LogP contribution is 2.26. The van der Waals surface area contributed by atoms with Crippen molar-refractivity contribution in [1.82, 2.24) is 10.6 Å². The van der Waals surface area contributed by atoms with E-state index in [-0.39, 0.29) is 11.7 Å². The quantitative estimate of drug-likeness (QED) is 0.799. The first kappa shape index (κ1) is 18.6. The van der Waals surface area contributed by atoms with E-state index in [1.165, 1.54) is 12.1 Å². The van der Waals surface area contributed by atoms with E-state index in [0.29, 0.717) is 30.9 Å². The SMILES string of the molecule is O=C(CCC1CCNCC1)NCCc1ccccc1OC(F)(F)F. The first-order valence-electron chi connectivity index (χ1n) is 8.25. The summed E-state index contributed by atoms with van der Waals surface area (Å²) in [7, 11) is 0. The van der Waals surface area contributed by atoms with Crippen LogP contribution in [0.3, 0.4) is 0 Å². The Balaban J connectivity index is 1.72. The third kappa shape index (κ3) is 6.78. The minimum Gasteiger partial charge on any atom is -0.406 e. The van der Waals surface area contributed by atoms with Crippen molar-refractivity contribution in [2.75, 3.05) is 19.6 Å². The zero-order chi connectivity index (χ0) is 17.4. The lowest BCUT2D eigenvalue weighted by atomic mass is 9.93. The van der Waals surface area contributed by atoms with Crippen molar-refractivity contribution in [2.24, 2.45) is 5.92 Å². The van der Waals surface area contributed by atoms with E-state index in [4.69, 9.17) is 0 Å². The maximum Gasteiger partial charge on any atom is 0.573 e. The van der Waals surface area contributed by atoms with Crippen LogP contribution in [-0.4, -0.2) is 31.9 Å². The molecule has 1 aliphatic heterocycles. The third-order valence-electron chi connectivity index (χ3n) is 4.15. The molecule has 1 heterocycles. The Kier molecular flexibility index (Phi) is 6.90. The Hall–Kier alpha value is -1.76. The standard InChI is InChI=1S/C17H23F3N2O2/c18-17(19,20)24-15-4-2-1-3-14(15)9-12-22-16(23)6-5-13-7-10-21-11-8-13/h1-4,13,21H,5-12H2,(H,22,23). The molecule has 0 atom stereocenters. The normalized spacial score (nSPS) is 16.0. The van der Waals surface area contributed by atoms with Gasteiger partial charge in [0, 0.05) is 13.0 Å². The summed E-state index contributed by atoms with van der Waals surface area (Å²) >= 11 is 0. The van der Waals surface area contributed by atoms with E-state index in [2.05, 4.69) is 15.4 Å². The Morgan fingerprint density at radius 1 is 1.25 bits per heavy atom. The van der Waals surface area contributed by atoms with Crippen molar-refractivity contribution in [2.45, 2.75) is 38.5 Å². The van der Waals surface area contributed by atoms with Gasteiger partial charge in [-0.1, -0.05) is 18.2 Å². The maximum atomic E-state index is 12.4. The van der Waals surface area contributed by atoms with Crippen molar-refractivity contribution in [3.05, 3.63) is 29.8 Å². The van der Waals surface area contributed by atoms with Crippen LogP contribution in [0.4, 0.5) is 13.2 Å². The molecule has 0 radical (unpaired) electrons. The summed E-state index contributed by atoms with van der Waals surface area (Å²) in [5.41, 5.74) is 0.425. The second-order valence-electron chi connectivity index (χ2n) is 5.99. The van der Waals surface area contributed by atoms with Crippen LogP contribution in [0, 0.1) is 5.92 Å². The van der Waals surface area contributed by atoms with Gasteiger partial charge in [0.2, 0.25) is 5.91 Å². The molecule has 0 spiro atoms. The molecule has 0 saturated carbocycles. The average molecular weight is 344 g/mol. The molecule has 7 heteroatoms. The van der Waals surface area contributed by atoms with Crippen LogP contribution < -0.4 is 15.4 Å². The predicted molar refractivity (Wildman–Crippen MR) is 84.7 cm³/mol. The number of hydrogen-bond acceptors (Lipinski definition) is 3. The van der Waals surface area contributed by atoms with Gasteiger partial charge in [-0.05, 0) is 56.3 Å². The molecule has 1 saturated heterocycles. The van der Waals surface area contributed by atoms with Crippen LogP contribution >= 0.6 is 0 Å². The lowest BCUT2D eigenvalue weighted by molar-refractivity contribution is -0.274. The van der Waals surface area contributed by atoms with E-state index in [1.54, 1.807) is 12.1 Å². The average Bonchev–Trinajstić information content (AvgIpc) is 2.54. The zero-order valence-corrected chi connectivity index (χ0v) is 13.5. The highest BCUT2D eigenvalue weighted by molar-refractivity contribution is 5.75. The van der Waals surface area contributed by atoms with E-state index in [1.807, 2.05) is 0 Å². The molecule has 2 N–H and O–H groups in total. The highest BCUT2D eigenvalue weighted by atomic mass is 19.4. The predicted octanol–water partition coefficient (Wildman–Crippen LogP) is 3.02. The molecule has 0 aromatic heterocycles. The van der Waals surface area contributed by atoms with Gasteiger partial charge in [-0.25, -0.2) is 0 Å². The molecule has 4 nitrogen and oxygen atoms in total. The van der Waals surface area contributed by atoms with Crippen LogP contribution in [0.25, 0.3) is 0 Å². The van der Waals surface area contributed by atoms with Crippen LogP contribution in [0.15, 0.2) is 24.3 Å². The number of benzene rings is 1. The summed E-state index contributed by atoms with van der Waals surface area (Å²) < 4.78 is 41.1. The van der Waals surface area contributed by atoms with Crippen molar-refractivity contribution in [1.29, 1.82) is 0 Å². The number of nitrogens with one attached hydrogen (secondary N) is 2. The number of halogens is 3. The number of ether oxygens (including phenoxy) is 1. The topological polar surface area (TPSA) is 50.4 Å². The van der Waals surface area contributed by atoms with E-state index >= 15 is 0 Å². The van der Waals surface area contributed by atoms with Gasteiger partial charge in [0.1, 0.15) is 5.75 Å². The molecule has 0 aliphatic carbocycles. The van der Waals surface area contributed by atoms with Crippen molar-refractivity contribution >= 4 is 5.91 Å². The smallest absolute Gasteiger partial charge is 0.406 e. The van der Waals surface area contributed by atoms with Crippen LogP contribution in [-0.2, 0) is 11.2 Å². The van der Waals surface area contributed by atoms with Crippen LogP contribution in [0.1, 0.15) is 31.2 Å². The zero-order valence-electron chi connectivity index (χ0n) is 13.5. The van der Waals surface area contributed by atoms with Gasteiger partial charge in [-0.15, -0.1) is 13.2 Å². The Morgan fingerprint density at radius 3 is 2.67 bits per heavy atom. The number of amides is 1. The number of rotatable bonds is 7. The monoisotopic (exact) mass is 344 g/mol. The van der Waals surface area contributed by atoms with Gasteiger partial charge in [-0.3, -0.25) is 4.79 Å². The number of para-hydroxylation sites is 1. The van der Waals surface area contributed by atoms with E-state index < -0.39 is 6.36 Å². The molecule has 134 valence electrons. The molecule has 1 aliphatic rings. The van der Waals surface area contributed by atoms with Gasteiger partial charge >= 0.3 is 6.36 Å². The summed E-state index contributed by atoms with van der Waals surface area (Å²) in [5.74, 6) is 0.314. The third-order valence-corrected chi connectivity index (χ3v) is 4.15. The first-order valence-corrected chi connectivity index (χ1v) is 8.25. The van der Waals surface area contributed by atoms with Gasteiger partial charge in [0.05, 0.1) is 0 Å². The minimum atomic E-state index is -4.71. The number of hydrogen-bond donors (Lipinski definition) is 2. The molecule has 24 heavy (non-hydrogen) atoms. The lowest BCUT2D eigenvalue weighted by Gasteiger charge is -2.22. The second kappa shape index (κ2) is 8.92. The molecule has 1 aromatic rings. The molecule has 0 unspecified atom stereocenters. The summed E-state index contributed by atoms with van der Waals surface area (Å²) in [6.45, 7) is 2.30. The van der Waals surface area contributed by atoms with Gasteiger partial charge in [-0.2, -0.15) is 0 Å². The number of alkyl halides is 3. The summed E-state index contributed by atoms with van der Waals surface area (Å²) in [4.78, 5) is 11.9. The largest absolute Gasteiger partial charge is 0.573 e. The Labute approximate surface area is 139 Å². The molecule has 1 aromatic carbocycles. The minimum absolute atomic E-state index is 0.0530. The Morgan fingerprint density at radius 2 is 1.96 bits per heavy atom. The fourth-order valence-corrected chi connectivity index (χ4v) is 2.87. The van der Waals surface area contributed by atoms with Crippen molar-refractivity contribution in [3.8, 4) is 5.75 Å². The van der Waals surface area contributed by atoms with Crippen LogP contribution in [0.2, 0.25) is 0 Å². The van der Waals surface area contributed by atoms with Gasteiger partial charge in [0.15, 0.2) is 0 Å². The molecule has 1 amide bonds. The maximum absolute atomic E-state index is 12.4. The summed E-state index contributed by atoms with van der Waals surface area (Å²) in [5, 5.41) is 6.05. The van der Waals surface area contributed by atoms with Gasteiger partial charge < -0.3 is 15.4 Å². The highest BCUT2D eigenvalue weighted by Gasteiger charge is 2.31. The Bertz CT molecular complexity index is 529. The fraction of sp³-hybridized carbons (Fsp3) is 0.588.